The van der Waals surface area contributed by atoms with Crippen molar-refractivity contribution in [2.45, 2.75) is 32.9 Å². The highest BCUT2D eigenvalue weighted by molar-refractivity contribution is 5.94. The summed E-state index contributed by atoms with van der Waals surface area (Å²) in [6.45, 7) is 6.18. The highest BCUT2D eigenvalue weighted by Gasteiger charge is 2.16. The molecule has 0 bridgehead atoms. The van der Waals surface area contributed by atoms with E-state index in [1.165, 1.54) is 42.5 Å². The zero-order valence-electron chi connectivity index (χ0n) is 16.7. The summed E-state index contributed by atoms with van der Waals surface area (Å²) in [5, 5.41) is 7.01. The Labute approximate surface area is 170 Å². The Morgan fingerprint density at radius 3 is 2.79 bits per heavy atom. The normalized spacial score (nSPS) is 17.2. The maximum absolute atomic E-state index is 12.5. The van der Waals surface area contributed by atoms with Gasteiger partial charge in [-0.3, -0.25) is 9.69 Å². The molecule has 3 heterocycles. The molecule has 0 spiro atoms. The summed E-state index contributed by atoms with van der Waals surface area (Å²) in [7, 11) is 0. The van der Waals surface area contributed by atoms with Crippen molar-refractivity contribution in [2.24, 2.45) is 5.92 Å². The monoisotopic (exact) mass is 390 g/mol. The van der Waals surface area contributed by atoms with Crippen molar-refractivity contribution in [3.8, 4) is 5.82 Å². The fourth-order valence-electron chi connectivity index (χ4n) is 3.75. The first-order valence-electron chi connectivity index (χ1n) is 10.1. The van der Waals surface area contributed by atoms with Crippen LogP contribution < -0.4 is 5.32 Å². The Balaban J connectivity index is 1.32. The van der Waals surface area contributed by atoms with Gasteiger partial charge in [0, 0.05) is 31.4 Å². The number of carbonyl (C=O) groups is 1. The van der Waals surface area contributed by atoms with E-state index < -0.39 is 0 Å². The minimum absolute atomic E-state index is 0.139. The lowest BCUT2D eigenvalue weighted by molar-refractivity contribution is 0.0950. The Kier molecular flexibility index (Phi) is 5.95. The van der Waals surface area contributed by atoms with Crippen LogP contribution in [0.4, 0.5) is 0 Å². The third-order valence-corrected chi connectivity index (χ3v) is 5.28. The zero-order valence-corrected chi connectivity index (χ0v) is 16.7. The molecule has 1 fully saturated rings. The summed E-state index contributed by atoms with van der Waals surface area (Å²) in [5.74, 6) is 1.21. The number of likely N-dealkylation sites (tertiary alicyclic amines) is 1. The molecular formula is C22H26N6O. The van der Waals surface area contributed by atoms with E-state index in [1.807, 2.05) is 0 Å². The molecule has 150 valence electrons. The zero-order chi connectivity index (χ0) is 20.1. The van der Waals surface area contributed by atoms with Gasteiger partial charge in [0.1, 0.15) is 12.7 Å². The summed E-state index contributed by atoms with van der Waals surface area (Å²) in [6.07, 6.45) is 7.22. The van der Waals surface area contributed by atoms with Crippen molar-refractivity contribution in [1.82, 2.24) is 30.0 Å². The summed E-state index contributed by atoms with van der Waals surface area (Å²) in [5.41, 5.74) is 2.95. The third-order valence-electron chi connectivity index (χ3n) is 5.28. The number of hydrogen-bond donors (Lipinski definition) is 1. The van der Waals surface area contributed by atoms with Crippen LogP contribution in [0.5, 0.6) is 0 Å². The number of aromatic nitrogens is 4. The Morgan fingerprint density at radius 2 is 2.03 bits per heavy atom. The molecule has 1 saturated heterocycles. The first-order valence-corrected chi connectivity index (χ1v) is 10.1. The average Bonchev–Trinajstić information content (AvgIpc) is 3.28. The van der Waals surface area contributed by atoms with Crippen LogP contribution in [-0.4, -0.2) is 43.6 Å². The van der Waals surface area contributed by atoms with Gasteiger partial charge in [-0.15, -0.1) is 0 Å². The molecule has 1 N–H and O–H groups in total. The molecule has 7 heteroatoms. The van der Waals surface area contributed by atoms with E-state index in [0.717, 1.165) is 18.0 Å². The van der Waals surface area contributed by atoms with Crippen molar-refractivity contribution < 1.29 is 4.79 Å². The van der Waals surface area contributed by atoms with Crippen molar-refractivity contribution in [3.05, 3.63) is 71.9 Å². The number of nitrogens with zero attached hydrogens (tertiary/aromatic N) is 5. The molecule has 1 aromatic carbocycles. The standard InChI is InChI=1S/C22H26N6O/c1-17-3-2-10-27(13-17)14-19-6-4-18(5-7-19)12-25-22(29)20-8-9-24-21(11-20)28-16-23-15-26-28/h4-9,11,15-17H,2-3,10,12-14H2,1H3,(H,25,29). The van der Waals surface area contributed by atoms with Gasteiger partial charge >= 0.3 is 0 Å². The number of benzene rings is 1. The predicted molar refractivity (Wildman–Crippen MR) is 110 cm³/mol. The van der Waals surface area contributed by atoms with Crippen LogP contribution in [0.1, 0.15) is 41.3 Å². The molecule has 29 heavy (non-hydrogen) atoms. The fraction of sp³-hybridized carbons (Fsp3) is 0.364. The molecule has 1 unspecified atom stereocenters. The maximum Gasteiger partial charge on any atom is 0.251 e. The van der Waals surface area contributed by atoms with Crippen molar-refractivity contribution in [3.63, 3.8) is 0 Å². The van der Waals surface area contributed by atoms with Gasteiger partial charge in [0.25, 0.3) is 5.91 Å². The summed E-state index contributed by atoms with van der Waals surface area (Å²) < 4.78 is 1.53. The smallest absolute Gasteiger partial charge is 0.251 e. The van der Waals surface area contributed by atoms with E-state index in [1.54, 1.807) is 24.7 Å². The largest absolute Gasteiger partial charge is 0.348 e. The third kappa shape index (κ3) is 5.06. The van der Waals surface area contributed by atoms with Crippen molar-refractivity contribution in [2.75, 3.05) is 13.1 Å². The number of piperidine rings is 1. The molecule has 0 saturated carbocycles. The molecule has 0 radical (unpaired) electrons. The second-order valence-corrected chi connectivity index (χ2v) is 7.72. The van der Waals surface area contributed by atoms with Crippen molar-refractivity contribution >= 4 is 5.91 Å². The van der Waals surface area contributed by atoms with E-state index in [9.17, 15) is 4.79 Å². The molecule has 1 atom stereocenters. The van der Waals surface area contributed by atoms with Gasteiger partial charge in [0.2, 0.25) is 0 Å². The molecule has 1 aliphatic rings. The lowest BCUT2D eigenvalue weighted by Gasteiger charge is -2.30. The summed E-state index contributed by atoms with van der Waals surface area (Å²) in [4.78, 5) is 23.2. The van der Waals surface area contributed by atoms with Gasteiger partial charge in [-0.05, 0) is 48.6 Å². The van der Waals surface area contributed by atoms with Crippen LogP contribution in [0.2, 0.25) is 0 Å². The van der Waals surface area contributed by atoms with E-state index in [2.05, 4.69) is 56.5 Å². The van der Waals surface area contributed by atoms with E-state index >= 15 is 0 Å². The first-order chi connectivity index (χ1) is 14.2. The summed E-state index contributed by atoms with van der Waals surface area (Å²) >= 11 is 0. The highest BCUT2D eigenvalue weighted by Crippen LogP contribution is 2.18. The number of carbonyl (C=O) groups excluding carboxylic acids is 1. The Bertz CT molecular complexity index is 938. The second-order valence-electron chi connectivity index (χ2n) is 7.72. The van der Waals surface area contributed by atoms with Crippen molar-refractivity contribution in [1.29, 1.82) is 0 Å². The van der Waals surface area contributed by atoms with E-state index in [-0.39, 0.29) is 5.91 Å². The van der Waals surface area contributed by atoms with Gasteiger partial charge in [0.15, 0.2) is 5.82 Å². The van der Waals surface area contributed by atoms with Crippen LogP contribution in [0.15, 0.2) is 55.2 Å². The average molecular weight is 390 g/mol. The lowest BCUT2D eigenvalue weighted by Crippen LogP contribution is -2.33. The molecule has 0 aliphatic carbocycles. The molecule has 3 aromatic rings. The molecular weight excluding hydrogens is 364 g/mol. The Morgan fingerprint density at radius 1 is 1.21 bits per heavy atom. The molecule has 7 nitrogen and oxygen atoms in total. The fourth-order valence-corrected chi connectivity index (χ4v) is 3.75. The number of rotatable bonds is 6. The van der Waals surface area contributed by atoms with Crippen LogP contribution in [0.25, 0.3) is 5.82 Å². The lowest BCUT2D eigenvalue weighted by atomic mass is 9.99. The quantitative estimate of drug-likeness (QED) is 0.700. The van der Waals surface area contributed by atoms with Gasteiger partial charge in [0.05, 0.1) is 0 Å². The molecule has 1 amide bonds. The maximum atomic E-state index is 12.5. The van der Waals surface area contributed by atoms with Gasteiger partial charge < -0.3 is 5.32 Å². The highest BCUT2D eigenvalue weighted by atomic mass is 16.1. The van der Waals surface area contributed by atoms with Crippen LogP contribution in [0.3, 0.4) is 0 Å². The predicted octanol–water partition coefficient (Wildman–Crippen LogP) is 2.82. The number of nitrogens with one attached hydrogen (secondary N) is 1. The minimum Gasteiger partial charge on any atom is -0.348 e. The number of pyridine rings is 1. The minimum atomic E-state index is -0.139. The first kappa shape index (κ1) is 19.3. The van der Waals surface area contributed by atoms with Gasteiger partial charge in [-0.25, -0.2) is 14.6 Å². The van der Waals surface area contributed by atoms with Gasteiger partial charge in [-0.2, -0.15) is 5.10 Å². The van der Waals surface area contributed by atoms with Crippen LogP contribution in [0, 0.1) is 5.92 Å². The van der Waals surface area contributed by atoms with Crippen LogP contribution >= 0.6 is 0 Å². The molecule has 1 aliphatic heterocycles. The SMILES string of the molecule is CC1CCCN(Cc2ccc(CNC(=O)c3ccnc(-n4cncn4)c3)cc2)C1. The second kappa shape index (κ2) is 8.96. The van der Waals surface area contributed by atoms with Gasteiger partial charge in [-0.1, -0.05) is 31.2 Å². The molecule has 2 aromatic heterocycles. The summed E-state index contributed by atoms with van der Waals surface area (Å²) in [6, 6.07) is 11.9. The number of amides is 1. The molecule has 4 rings (SSSR count). The van der Waals surface area contributed by atoms with E-state index in [4.69, 9.17) is 0 Å². The topological polar surface area (TPSA) is 75.9 Å². The van der Waals surface area contributed by atoms with Crippen LogP contribution in [-0.2, 0) is 13.1 Å². The van der Waals surface area contributed by atoms with E-state index in [0.29, 0.717) is 17.9 Å². The Hall–Kier alpha value is -3.06. The number of hydrogen-bond acceptors (Lipinski definition) is 5.